The number of ether oxygens (including phenoxy) is 2. The normalized spacial score (nSPS) is 10.9. The SMILES string of the molecule is CC.COC(=O)c1ccc(OCC(O)CF)cc1. The lowest BCUT2D eigenvalue weighted by molar-refractivity contribution is 0.0600. The predicted octanol–water partition coefficient (Wildman–Crippen LogP) is 2.21. The molecule has 5 heteroatoms. The molecule has 1 aromatic carbocycles. The number of carbonyl (C=O) groups excluding carboxylic acids is 1. The van der Waals surface area contributed by atoms with E-state index in [2.05, 4.69) is 4.74 Å². The molecule has 1 N–H and O–H groups in total. The predicted molar refractivity (Wildman–Crippen MR) is 66.6 cm³/mol. The summed E-state index contributed by atoms with van der Waals surface area (Å²) >= 11 is 0. The first-order chi connectivity index (χ1) is 8.67. The highest BCUT2D eigenvalue weighted by Gasteiger charge is 2.06. The number of aliphatic hydroxyl groups excluding tert-OH is 1. The maximum absolute atomic E-state index is 11.9. The summed E-state index contributed by atoms with van der Waals surface area (Å²) in [7, 11) is 1.30. The van der Waals surface area contributed by atoms with Gasteiger partial charge in [0.25, 0.3) is 0 Å². The van der Waals surface area contributed by atoms with Crippen molar-refractivity contribution in [1.29, 1.82) is 0 Å². The molecule has 102 valence electrons. The lowest BCUT2D eigenvalue weighted by atomic mass is 10.2. The summed E-state index contributed by atoms with van der Waals surface area (Å²) in [5, 5.41) is 8.93. The van der Waals surface area contributed by atoms with Gasteiger partial charge < -0.3 is 14.6 Å². The van der Waals surface area contributed by atoms with Crippen LogP contribution in [-0.4, -0.2) is 37.6 Å². The van der Waals surface area contributed by atoms with Crippen LogP contribution in [0.15, 0.2) is 24.3 Å². The minimum Gasteiger partial charge on any atom is -0.491 e. The number of halogens is 1. The molecule has 4 nitrogen and oxygen atoms in total. The second-order valence-electron chi connectivity index (χ2n) is 3.14. The van der Waals surface area contributed by atoms with E-state index in [1.807, 2.05) is 13.8 Å². The second-order valence-corrected chi connectivity index (χ2v) is 3.14. The Morgan fingerprint density at radius 3 is 2.33 bits per heavy atom. The quantitative estimate of drug-likeness (QED) is 0.823. The van der Waals surface area contributed by atoms with Crippen molar-refractivity contribution in [3.05, 3.63) is 29.8 Å². The number of aliphatic hydroxyl groups is 1. The highest BCUT2D eigenvalue weighted by molar-refractivity contribution is 5.89. The lowest BCUT2D eigenvalue weighted by Crippen LogP contribution is -2.19. The molecule has 0 aliphatic rings. The van der Waals surface area contributed by atoms with Crippen molar-refractivity contribution in [2.75, 3.05) is 20.4 Å². The van der Waals surface area contributed by atoms with E-state index in [0.717, 1.165) is 0 Å². The summed E-state index contributed by atoms with van der Waals surface area (Å²) in [4.78, 5) is 11.1. The van der Waals surface area contributed by atoms with Gasteiger partial charge in [-0.05, 0) is 24.3 Å². The molecule has 1 unspecified atom stereocenters. The van der Waals surface area contributed by atoms with E-state index >= 15 is 0 Å². The summed E-state index contributed by atoms with van der Waals surface area (Å²) in [5.74, 6) is 0.0236. The Bertz CT molecular complexity index is 337. The highest BCUT2D eigenvalue weighted by atomic mass is 19.1. The fourth-order valence-electron chi connectivity index (χ4n) is 1.04. The lowest BCUT2D eigenvalue weighted by Gasteiger charge is -2.09. The van der Waals surface area contributed by atoms with Gasteiger partial charge in [0.1, 0.15) is 25.1 Å². The van der Waals surface area contributed by atoms with Crippen LogP contribution in [-0.2, 0) is 4.74 Å². The van der Waals surface area contributed by atoms with E-state index in [1.165, 1.54) is 19.2 Å². The number of benzene rings is 1. The summed E-state index contributed by atoms with van der Waals surface area (Å²) in [5.41, 5.74) is 0.404. The average Bonchev–Trinajstić information content (AvgIpc) is 2.46. The van der Waals surface area contributed by atoms with Crippen LogP contribution >= 0.6 is 0 Å². The molecule has 0 radical (unpaired) electrons. The zero-order valence-electron chi connectivity index (χ0n) is 10.9. The monoisotopic (exact) mass is 258 g/mol. The zero-order chi connectivity index (χ0) is 14.0. The third-order valence-electron chi connectivity index (χ3n) is 1.90. The Balaban J connectivity index is 0.00000137. The summed E-state index contributed by atoms with van der Waals surface area (Å²) in [6.45, 7) is 3.04. The first-order valence-corrected chi connectivity index (χ1v) is 5.72. The van der Waals surface area contributed by atoms with Gasteiger partial charge in [-0.3, -0.25) is 0 Å². The van der Waals surface area contributed by atoms with Crippen LogP contribution in [0.2, 0.25) is 0 Å². The van der Waals surface area contributed by atoms with Gasteiger partial charge in [0.2, 0.25) is 0 Å². The Hall–Kier alpha value is -1.62. The minimum atomic E-state index is -1.12. The molecule has 0 heterocycles. The molecule has 18 heavy (non-hydrogen) atoms. The van der Waals surface area contributed by atoms with Crippen molar-refractivity contribution in [2.45, 2.75) is 20.0 Å². The fourth-order valence-corrected chi connectivity index (χ4v) is 1.04. The first-order valence-electron chi connectivity index (χ1n) is 5.72. The van der Waals surface area contributed by atoms with Crippen molar-refractivity contribution < 1.29 is 23.8 Å². The van der Waals surface area contributed by atoms with Crippen LogP contribution in [0.1, 0.15) is 24.2 Å². The largest absolute Gasteiger partial charge is 0.491 e. The number of hydrogen-bond donors (Lipinski definition) is 1. The Kier molecular flexibility index (Phi) is 8.57. The van der Waals surface area contributed by atoms with Gasteiger partial charge in [0, 0.05) is 0 Å². The van der Waals surface area contributed by atoms with Crippen LogP contribution in [0.3, 0.4) is 0 Å². The molecule has 0 spiro atoms. The standard InChI is InChI=1S/C11H13FO4.C2H6/c1-15-11(14)8-2-4-10(5-3-8)16-7-9(13)6-12;1-2/h2-5,9,13H,6-7H2,1H3;1-2H3. The summed E-state index contributed by atoms with van der Waals surface area (Å²) in [6.07, 6.45) is -1.12. The Morgan fingerprint density at radius 2 is 1.89 bits per heavy atom. The minimum absolute atomic E-state index is 0.117. The van der Waals surface area contributed by atoms with E-state index < -0.39 is 18.7 Å². The van der Waals surface area contributed by atoms with Gasteiger partial charge in [0.05, 0.1) is 12.7 Å². The summed E-state index contributed by atoms with van der Waals surface area (Å²) < 4.78 is 21.5. The molecule has 1 rings (SSSR count). The van der Waals surface area contributed by atoms with Crippen LogP contribution in [0.4, 0.5) is 4.39 Å². The van der Waals surface area contributed by atoms with Gasteiger partial charge in [-0.1, -0.05) is 13.8 Å². The topological polar surface area (TPSA) is 55.8 Å². The number of esters is 1. The highest BCUT2D eigenvalue weighted by Crippen LogP contribution is 2.13. The molecule has 0 saturated heterocycles. The van der Waals surface area contributed by atoms with E-state index in [4.69, 9.17) is 9.84 Å². The third kappa shape index (κ3) is 5.63. The molecule has 0 aromatic heterocycles. The fraction of sp³-hybridized carbons (Fsp3) is 0.462. The maximum Gasteiger partial charge on any atom is 0.337 e. The van der Waals surface area contributed by atoms with E-state index in [9.17, 15) is 9.18 Å². The zero-order valence-corrected chi connectivity index (χ0v) is 10.9. The number of methoxy groups -OCH3 is 1. The van der Waals surface area contributed by atoms with Crippen molar-refractivity contribution in [3.63, 3.8) is 0 Å². The van der Waals surface area contributed by atoms with Gasteiger partial charge in [-0.15, -0.1) is 0 Å². The molecule has 0 amide bonds. The van der Waals surface area contributed by atoms with E-state index in [1.54, 1.807) is 12.1 Å². The van der Waals surface area contributed by atoms with Crippen molar-refractivity contribution in [2.24, 2.45) is 0 Å². The van der Waals surface area contributed by atoms with E-state index in [0.29, 0.717) is 11.3 Å². The molecular weight excluding hydrogens is 239 g/mol. The Labute approximate surface area is 106 Å². The number of hydrogen-bond acceptors (Lipinski definition) is 4. The molecule has 1 aromatic rings. The summed E-state index contributed by atoms with van der Waals surface area (Å²) in [6, 6.07) is 6.17. The van der Waals surface area contributed by atoms with Crippen LogP contribution < -0.4 is 4.74 Å². The second kappa shape index (κ2) is 9.41. The molecular formula is C13H19FO4. The van der Waals surface area contributed by atoms with Crippen LogP contribution in [0.5, 0.6) is 5.75 Å². The molecule has 0 aliphatic carbocycles. The molecule has 0 bridgehead atoms. The first kappa shape index (κ1) is 16.4. The van der Waals surface area contributed by atoms with E-state index in [-0.39, 0.29) is 6.61 Å². The van der Waals surface area contributed by atoms with Gasteiger partial charge in [0.15, 0.2) is 0 Å². The molecule has 1 atom stereocenters. The molecule has 0 aliphatic heterocycles. The number of alkyl halides is 1. The van der Waals surface area contributed by atoms with Gasteiger partial charge in [-0.25, -0.2) is 9.18 Å². The van der Waals surface area contributed by atoms with Gasteiger partial charge in [-0.2, -0.15) is 0 Å². The molecule has 0 saturated carbocycles. The number of carbonyl (C=O) groups is 1. The third-order valence-corrected chi connectivity index (χ3v) is 1.90. The smallest absolute Gasteiger partial charge is 0.337 e. The molecule has 0 fully saturated rings. The van der Waals surface area contributed by atoms with Crippen molar-refractivity contribution in [3.8, 4) is 5.75 Å². The maximum atomic E-state index is 11.9. The van der Waals surface area contributed by atoms with Crippen LogP contribution in [0, 0.1) is 0 Å². The van der Waals surface area contributed by atoms with Crippen LogP contribution in [0.25, 0.3) is 0 Å². The Morgan fingerprint density at radius 1 is 1.33 bits per heavy atom. The van der Waals surface area contributed by atoms with Crippen molar-refractivity contribution >= 4 is 5.97 Å². The van der Waals surface area contributed by atoms with Gasteiger partial charge >= 0.3 is 5.97 Å². The number of rotatable bonds is 5. The van der Waals surface area contributed by atoms with Crippen molar-refractivity contribution in [1.82, 2.24) is 0 Å². The average molecular weight is 258 g/mol.